The normalized spacial score (nSPS) is 16.0. The van der Waals surface area contributed by atoms with Crippen molar-refractivity contribution in [1.82, 2.24) is 0 Å². The maximum atomic E-state index is 12.1. The monoisotopic (exact) mass is 306 g/mol. The maximum Gasteiger partial charge on any atom is 0.364 e. The first kappa shape index (κ1) is 15.0. The molecule has 0 fully saturated rings. The van der Waals surface area contributed by atoms with E-state index in [4.69, 9.17) is 4.74 Å². The lowest BCUT2D eigenvalue weighted by atomic mass is 10.0. The zero-order chi connectivity index (χ0) is 16.4. The van der Waals surface area contributed by atoms with Crippen molar-refractivity contribution in [2.45, 2.75) is 6.92 Å². The van der Waals surface area contributed by atoms with Gasteiger partial charge in [0.25, 0.3) is 0 Å². The molecule has 4 nitrogen and oxygen atoms in total. The van der Waals surface area contributed by atoms with Crippen LogP contribution in [-0.2, 0) is 9.53 Å². The van der Waals surface area contributed by atoms with Gasteiger partial charge in [0.15, 0.2) is 5.70 Å². The number of cyclic esters (lactones) is 1. The summed E-state index contributed by atoms with van der Waals surface area (Å²) in [5, 5.41) is 0. The first-order valence-electron chi connectivity index (χ1n) is 7.41. The smallest absolute Gasteiger partial charge is 0.364 e. The third-order valence-corrected chi connectivity index (χ3v) is 3.79. The SMILES string of the molecule is C/C(=C1/N=C(c2ccccc2)OC1=O)c1ccc(N(C)C)cc1. The highest BCUT2D eigenvalue weighted by molar-refractivity contribution is 6.14. The van der Waals surface area contributed by atoms with E-state index in [0.29, 0.717) is 11.6 Å². The van der Waals surface area contributed by atoms with Gasteiger partial charge in [0.1, 0.15) is 0 Å². The molecule has 0 saturated heterocycles. The molecule has 1 aliphatic heterocycles. The standard InChI is InChI=1S/C19H18N2O2/c1-13(14-9-11-16(12-10-14)21(2)3)17-19(22)23-18(20-17)15-7-5-4-6-8-15/h4-12H,1-3H3/b17-13-. The molecule has 0 amide bonds. The molecule has 0 spiro atoms. The topological polar surface area (TPSA) is 41.9 Å². The molecule has 116 valence electrons. The number of hydrogen-bond acceptors (Lipinski definition) is 4. The van der Waals surface area contributed by atoms with Gasteiger partial charge < -0.3 is 9.64 Å². The third-order valence-electron chi connectivity index (χ3n) is 3.79. The summed E-state index contributed by atoms with van der Waals surface area (Å²) in [6, 6.07) is 17.4. The number of esters is 1. The van der Waals surface area contributed by atoms with Crippen molar-refractivity contribution in [1.29, 1.82) is 0 Å². The number of hydrogen-bond donors (Lipinski definition) is 0. The molecule has 4 heteroatoms. The number of allylic oxidation sites excluding steroid dienone is 1. The molecule has 0 saturated carbocycles. The Morgan fingerprint density at radius 2 is 1.65 bits per heavy atom. The fourth-order valence-corrected chi connectivity index (χ4v) is 2.39. The Bertz CT molecular complexity index is 788. The van der Waals surface area contributed by atoms with Crippen molar-refractivity contribution < 1.29 is 9.53 Å². The maximum absolute atomic E-state index is 12.1. The van der Waals surface area contributed by atoms with Gasteiger partial charge in [0, 0.05) is 25.3 Å². The first-order chi connectivity index (χ1) is 11.1. The molecule has 0 unspecified atom stereocenters. The highest BCUT2D eigenvalue weighted by atomic mass is 16.6. The summed E-state index contributed by atoms with van der Waals surface area (Å²) in [5.41, 5.74) is 4.04. The van der Waals surface area contributed by atoms with Gasteiger partial charge in [-0.3, -0.25) is 0 Å². The van der Waals surface area contributed by atoms with Gasteiger partial charge in [-0.2, -0.15) is 0 Å². The molecule has 0 aliphatic carbocycles. The molecular weight excluding hydrogens is 288 g/mol. The van der Waals surface area contributed by atoms with E-state index < -0.39 is 5.97 Å². The molecule has 0 aromatic heterocycles. The average Bonchev–Trinajstić information content (AvgIpc) is 2.97. The fraction of sp³-hybridized carbons (Fsp3) is 0.158. The number of carbonyl (C=O) groups is 1. The van der Waals surface area contributed by atoms with E-state index in [-0.39, 0.29) is 0 Å². The van der Waals surface area contributed by atoms with E-state index in [0.717, 1.165) is 22.4 Å². The third kappa shape index (κ3) is 3.01. The summed E-state index contributed by atoms with van der Waals surface area (Å²) in [6.07, 6.45) is 0. The second-order valence-corrected chi connectivity index (χ2v) is 5.59. The number of benzene rings is 2. The van der Waals surface area contributed by atoms with Gasteiger partial charge in [-0.1, -0.05) is 30.3 Å². The number of rotatable bonds is 3. The molecular formula is C19H18N2O2. The van der Waals surface area contributed by atoms with Crippen LogP contribution in [0.4, 0.5) is 5.69 Å². The molecule has 0 bridgehead atoms. The highest BCUT2D eigenvalue weighted by Crippen LogP contribution is 2.26. The van der Waals surface area contributed by atoms with Gasteiger partial charge >= 0.3 is 5.97 Å². The van der Waals surface area contributed by atoms with Crippen molar-refractivity contribution in [3.63, 3.8) is 0 Å². The number of anilines is 1. The van der Waals surface area contributed by atoms with Crippen LogP contribution in [0.15, 0.2) is 65.3 Å². The van der Waals surface area contributed by atoms with E-state index in [9.17, 15) is 4.79 Å². The minimum absolute atomic E-state index is 0.356. The minimum atomic E-state index is -0.405. The van der Waals surface area contributed by atoms with E-state index in [1.54, 1.807) is 0 Å². The number of nitrogens with zero attached hydrogens (tertiary/aromatic N) is 2. The quantitative estimate of drug-likeness (QED) is 0.644. The number of aliphatic imine (C=N–C) groups is 1. The van der Waals surface area contributed by atoms with Crippen LogP contribution in [0.2, 0.25) is 0 Å². The van der Waals surface area contributed by atoms with Crippen LogP contribution in [0, 0.1) is 0 Å². The van der Waals surface area contributed by atoms with Crippen LogP contribution in [0.1, 0.15) is 18.1 Å². The van der Waals surface area contributed by atoms with Crippen LogP contribution in [0.25, 0.3) is 5.57 Å². The Morgan fingerprint density at radius 1 is 1.00 bits per heavy atom. The summed E-state index contributed by atoms with van der Waals surface area (Å²) >= 11 is 0. The summed E-state index contributed by atoms with van der Waals surface area (Å²) in [4.78, 5) is 18.6. The number of carbonyl (C=O) groups excluding carboxylic acids is 1. The molecule has 0 atom stereocenters. The molecule has 2 aromatic rings. The van der Waals surface area contributed by atoms with Crippen LogP contribution in [0.5, 0.6) is 0 Å². The predicted octanol–water partition coefficient (Wildman–Crippen LogP) is 3.49. The van der Waals surface area contributed by atoms with Crippen molar-refractivity contribution in [2.75, 3.05) is 19.0 Å². The van der Waals surface area contributed by atoms with Crippen LogP contribution < -0.4 is 4.90 Å². The Balaban J connectivity index is 1.96. The number of ether oxygens (including phenoxy) is 1. The second-order valence-electron chi connectivity index (χ2n) is 5.59. The van der Waals surface area contributed by atoms with E-state index >= 15 is 0 Å². The Hall–Kier alpha value is -2.88. The Morgan fingerprint density at radius 3 is 2.26 bits per heavy atom. The van der Waals surface area contributed by atoms with Gasteiger partial charge in [0.2, 0.25) is 5.90 Å². The Labute approximate surface area is 135 Å². The molecule has 1 heterocycles. The fourth-order valence-electron chi connectivity index (χ4n) is 2.39. The van der Waals surface area contributed by atoms with Crippen molar-refractivity contribution in [2.24, 2.45) is 4.99 Å². The van der Waals surface area contributed by atoms with Crippen molar-refractivity contribution in [3.8, 4) is 0 Å². The molecule has 1 aliphatic rings. The summed E-state index contributed by atoms with van der Waals surface area (Å²) in [7, 11) is 3.98. The zero-order valence-electron chi connectivity index (χ0n) is 13.4. The lowest BCUT2D eigenvalue weighted by Gasteiger charge is -2.12. The largest absolute Gasteiger partial charge is 0.402 e. The van der Waals surface area contributed by atoms with Crippen LogP contribution >= 0.6 is 0 Å². The summed E-state index contributed by atoms with van der Waals surface area (Å²) in [5.74, 6) is -0.0482. The second kappa shape index (κ2) is 6.08. The summed E-state index contributed by atoms with van der Waals surface area (Å²) in [6.45, 7) is 1.89. The molecule has 2 aromatic carbocycles. The highest BCUT2D eigenvalue weighted by Gasteiger charge is 2.26. The van der Waals surface area contributed by atoms with E-state index in [2.05, 4.69) is 4.99 Å². The Kier molecular flexibility index (Phi) is 3.98. The summed E-state index contributed by atoms with van der Waals surface area (Å²) < 4.78 is 5.31. The van der Waals surface area contributed by atoms with Gasteiger partial charge in [-0.25, -0.2) is 9.79 Å². The molecule has 0 radical (unpaired) electrons. The van der Waals surface area contributed by atoms with Crippen LogP contribution in [0.3, 0.4) is 0 Å². The van der Waals surface area contributed by atoms with Crippen LogP contribution in [-0.4, -0.2) is 26.0 Å². The van der Waals surface area contributed by atoms with E-state index in [1.807, 2.05) is 80.5 Å². The minimum Gasteiger partial charge on any atom is -0.402 e. The van der Waals surface area contributed by atoms with Gasteiger partial charge in [0.05, 0.1) is 0 Å². The molecule has 0 N–H and O–H groups in total. The van der Waals surface area contributed by atoms with Crippen molar-refractivity contribution >= 4 is 23.1 Å². The van der Waals surface area contributed by atoms with E-state index in [1.165, 1.54) is 0 Å². The van der Waals surface area contributed by atoms with Gasteiger partial charge in [-0.15, -0.1) is 0 Å². The van der Waals surface area contributed by atoms with Crippen molar-refractivity contribution in [3.05, 3.63) is 71.4 Å². The average molecular weight is 306 g/mol. The predicted molar refractivity (Wildman–Crippen MR) is 92.4 cm³/mol. The molecule has 23 heavy (non-hydrogen) atoms. The lowest BCUT2D eigenvalue weighted by molar-refractivity contribution is -0.129. The lowest BCUT2D eigenvalue weighted by Crippen LogP contribution is -2.08. The first-order valence-corrected chi connectivity index (χ1v) is 7.41. The van der Waals surface area contributed by atoms with Gasteiger partial charge in [-0.05, 0) is 42.3 Å². The zero-order valence-corrected chi connectivity index (χ0v) is 13.4. The molecule has 3 rings (SSSR count).